The molecule has 0 spiro atoms. The summed E-state index contributed by atoms with van der Waals surface area (Å²) in [6.07, 6.45) is 1.95. The van der Waals surface area contributed by atoms with Crippen LogP contribution in [0.15, 0.2) is 9.59 Å². The Morgan fingerprint density at radius 3 is 2.68 bits per heavy atom. The van der Waals surface area contributed by atoms with Crippen LogP contribution in [0.5, 0.6) is 0 Å². The summed E-state index contributed by atoms with van der Waals surface area (Å²) in [4.78, 5) is 25.8. The van der Waals surface area contributed by atoms with Crippen molar-refractivity contribution in [1.29, 1.82) is 0 Å². The second kappa shape index (κ2) is 5.16. The SMILES string of the molecule is CC1CCN(c2nn(C)c(=O)n(C)c2=O)C(CN)C1. The van der Waals surface area contributed by atoms with Crippen molar-refractivity contribution in [3.63, 3.8) is 0 Å². The zero-order valence-corrected chi connectivity index (χ0v) is 11.7. The van der Waals surface area contributed by atoms with E-state index in [1.165, 1.54) is 11.7 Å². The molecule has 0 aromatic carbocycles. The smallest absolute Gasteiger partial charge is 0.346 e. The molecule has 0 amide bonds. The Balaban J connectivity index is 2.47. The van der Waals surface area contributed by atoms with E-state index < -0.39 is 5.69 Å². The third-order valence-corrected chi connectivity index (χ3v) is 3.83. The molecule has 1 aliphatic heterocycles. The number of hydrogen-bond donors (Lipinski definition) is 1. The van der Waals surface area contributed by atoms with Crippen molar-refractivity contribution >= 4 is 5.82 Å². The van der Waals surface area contributed by atoms with E-state index in [2.05, 4.69) is 12.0 Å². The van der Waals surface area contributed by atoms with E-state index in [1.54, 1.807) is 7.05 Å². The van der Waals surface area contributed by atoms with Gasteiger partial charge in [-0.3, -0.25) is 9.36 Å². The molecule has 0 radical (unpaired) electrons. The number of anilines is 1. The zero-order valence-electron chi connectivity index (χ0n) is 11.7. The van der Waals surface area contributed by atoms with Gasteiger partial charge in [-0.05, 0) is 18.8 Å². The largest absolute Gasteiger partial charge is 0.346 e. The lowest BCUT2D eigenvalue weighted by Crippen LogP contribution is -2.51. The number of rotatable bonds is 2. The van der Waals surface area contributed by atoms with Gasteiger partial charge in [0.05, 0.1) is 0 Å². The highest BCUT2D eigenvalue weighted by Crippen LogP contribution is 2.24. The molecule has 2 heterocycles. The van der Waals surface area contributed by atoms with E-state index in [9.17, 15) is 9.59 Å². The van der Waals surface area contributed by atoms with Gasteiger partial charge in [-0.2, -0.15) is 0 Å². The molecule has 1 aromatic rings. The number of piperidine rings is 1. The van der Waals surface area contributed by atoms with Gasteiger partial charge in [0, 0.05) is 33.2 Å². The fraction of sp³-hybridized carbons (Fsp3) is 0.750. The zero-order chi connectivity index (χ0) is 14.2. The fourth-order valence-corrected chi connectivity index (χ4v) is 2.62. The minimum Gasteiger partial charge on any atom is -0.346 e. The van der Waals surface area contributed by atoms with Crippen molar-refractivity contribution < 1.29 is 0 Å². The molecule has 19 heavy (non-hydrogen) atoms. The maximum absolute atomic E-state index is 12.2. The fourth-order valence-electron chi connectivity index (χ4n) is 2.62. The van der Waals surface area contributed by atoms with Gasteiger partial charge < -0.3 is 10.6 Å². The predicted molar refractivity (Wildman–Crippen MR) is 73.3 cm³/mol. The van der Waals surface area contributed by atoms with Crippen LogP contribution in [-0.2, 0) is 14.1 Å². The van der Waals surface area contributed by atoms with E-state index >= 15 is 0 Å². The third kappa shape index (κ3) is 2.42. The Kier molecular flexibility index (Phi) is 3.75. The van der Waals surface area contributed by atoms with Gasteiger partial charge in [0.2, 0.25) is 5.82 Å². The highest BCUT2D eigenvalue weighted by molar-refractivity contribution is 5.37. The van der Waals surface area contributed by atoms with Crippen LogP contribution in [0.25, 0.3) is 0 Å². The van der Waals surface area contributed by atoms with Crippen molar-refractivity contribution in [3.8, 4) is 0 Å². The summed E-state index contributed by atoms with van der Waals surface area (Å²) in [6, 6.07) is 0.112. The first kappa shape index (κ1) is 13.8. The van der Waals surface area contributed by atoms with Crippen molar-refractivity contribution in [3.05, 3.63) is 20.8 Å². The number of nitrogens with two attached hydrogens (primary N) is 1. The summed E-state index contributed by atoms with van der Waals surface area (Å²) < 4.78 is 2.29. The molecule has 7 nitrogen and oxygen atoms in total. The van der Waals surface area contributed by atoms with Crippen molar-refractivity contribution in [2.75, 3.05) is 18.0 Å². The monoisotopic (exact) mass is 267 g/mol. The highest BCUT2D eigenvalue weighted by atomic mass is 16.2. The van der Waals surface area contributed by atoms with E-state index in [0.717, 1.165) is 24.0 Å². The van der Waals surface area contributed by atoms with Crippen molar-refractivity contribution in [2.45, 2.75) is 25.8 Å². The summed E-state index contributed by atoms with van der Waals surface area (Å²) in [6.45, 7) is 3.42. The van der Waals surface area contributed by atoms with Crippen LogP contribution >= 0.6 is 0 Å². The summed E-state index contributed by atoms with van der Waals surface area (Å²) in [5, 5.41) is 4.12. The third-order valence-electron chi connectivity index (χ3n) is 3.83. The molecule has 7 heteroatoms. The lowest BCUT2D eigenvalue weighted by molar-refractivity contribution is 0.361. The Morgan fingerprint density at radius 1 is 1.37 bits per heavy atom. The maximum Gasteiger partial charge on any atom is 0.346 e. The molecule has 0 aliphatic carbocycles. The topological polar surface area (TPSA) is 86.2 Å². The standard InChI is InChI=1S/C12H21N5O2/c1-8-4-5-17(9(6-8)7-13)10-11(18)15(2)12(19)16(3)14-10/h8-9H,4-7,13H2,1-3H3. The summed E-state index contributed by atoms with van der Waals surface area (Å²) in [5.41, 5.74) is 5.04. The Morgan fingerprint density at radius 2 is 2.05 bits per heavy atom. The van der Waals surface area contributed by atoms with E-state index in [-0.39, 0.29) is 11.6 Å². The molecule has 1 aromatic heterocycles. The minimum atomic E-state index is -0.413. The van der Waals surface area contributed by atoms with Crippen LogP contribution in [0, 0.1) is 5.92 Å². The molecular weight excluding hydrogens is 246 g/mol. The number of nitrogens with zero attached hydrogens (tertiary/aromatic N) is 4. The summed E-state index contributed by atoms with van der Waals surface area (Å²) >= 11 is 0. The normalized spacial score (nSPS) is 23.7. The summed E-state index contributed by atoms with van der Waals surface area (Å²) in [7, 11) is 3.02. The minimum absolute atomic E-state index is 0.112. The number of aromatic nitrogens is 3. The molecule has 106 valence electrons. The van der Waals surface area contributed by atoms with Crippen LogP contribution in [0.4, 0.5) is 5.82 Å². The Bertz CT molecular complexity index is 576. The molecule has 2 atom stereocenters. The van der Waals surface area contributed by atoms with Crippen LogP contribution in [-0.4, -0.2) is 33.5 Å². The van der Waals surface area contributed by atoms with Crippen LogP contribution in [0.3, 0.4) is 0 Å². The quantitative estimate of drug-likeness (QED) is 0.746. The van der Waals surface area contributed by atoms with Crippen LogP contribution in [0.2, 0.25) is 0 Å². The van der Waals surface area contributed by atoms with Gasteiger partial charge in [0.1, 0.15) is 0 Å². The van der Waals surface area contributed by atoms with Gasteiger partial charge in [0.25, 0.3) is 5.56 Å². The first-order valence-corrected chi connectivity index (χ1v) is 6.56. The van der Waals surface area contributed by atoms with Crippen molar-refractivity contribution in [1.82, 2.24) is 14.3 Å². The van der Waals surface area contributed by atoms with Gasteiger partial charge in [-0.15, -0.1) is 5.10 Å². The molecule has 1 saturated heterocycles. The molecule has 1 aliphatic rings. The summed E-state index contributed by atoms with van der Waals surface area (Å²) in [5.74, 6) is 0.924. The van der Waals surface area contributed by atoms with Gasteiger partial charge in [-0.25, -0.2) is 9.48 Å². The molecule has 2 rings (SSSR count). The highest BCUT2D eigenvalue weighted by Gasteiger charge is 2.29. The molecule has 2 N–H and O–H groups in total. The van der Waals surface area contributed by atoms with E-state index in [1.807, 2.05) is 4.90 Å². The first-order valence-electron chi connectivity index (χ1n) is 6.56. The van der Waals surface area contributed by atoms with Crippen LogP contribution in [0.1, 0.15) is 19.8 Å². The second-order valence-corrected chi connectivity index (χ2v) is 5.31. The Hall–Kier alpha value is -1.63. The average molecular weight is 267 g/mol. The van der Waals surface area contributed by atoms with Crippen LogP contribution < -0.4 is 21.9 Å². The lowest BCUT2D eigenvalue weighted by Gasteiger charge is -2.38. The second-order valence-electron chi connectivity index (χ2n) is 5.31. The molecule has 1 fully saturated rings. The average Bonchev–Trinajstić information content (AvgIpc) is 2.40. The first-order chi connectivity index (χ1) is 8.95. The predicted octanol–water partition coefficient (Wildman–Crippen LogP) is -0.957. The van der Waals surface area contributed by atoms with E-state index in [4.69, 9.17) is 5.73 Å². The van der Waals surface area contributed by atoms with Crippen molar-refractivity contribution in [2.24, 2.45) is 25.7 Å². The number of aryl methyl sites for hydroxylation is 1. The Labute approximate surface area is 111 Å². The molecule has 0 bridgehead atoms. The van der Waals surface area contributed by atoms with Gasteiger partial charge in [0.15, 0.2) is 0 Å². The van der Waals surface area contributed by atoms with Gasteiger partial charge in [-0.1, -0.05) is 6.92 Å². The maximum atomic E-state index is 12.2. The van der Waals surface area contributed by atoms with Gasteiger partial charge >= 0.3 is 5.69 Å². The number of hydrogen-bond acceptors (Lipinski definition) is 5. The lowest BCUT2D eigenvalue weighted by atomic mass is 9.92. The molecule has 2 unspecified atom stereocenters. The molecule has 0 saturated carbocycles. The molecular formula is C12H21N5O2. The van der Waals surface area contributed by atoms with E-state index in [0.29, 0.717) is 18.3 Å².